The molecule has 1 amide bonds. The summed E-state index contributed by atoms with van der Waals surface area (Å²) in [5.74, 6) is 1.63. The van der Waals surface area contributed by atoms with E-state index < -0.39 is 0 Å². The van der Waals surface area contributed by atoms with Gasteiger partial charge in [-0.15, -0.1) is 11.8 Å². The highest BCUT2D eigenvalue weighted by molar-refractivity contribution is 7.99. The summed E-state index contributed by atoms with van der Waals surface area (Å²) in [5.41, 5.74) is 4.94. The van der Waals surface area contributed by atoms with E-state index in [-0.39, 0.29) is 5.91 Å². The maximum Gasteiger partial charge on any atom is 0.227 e. The van der Waals surface area contributed by atoms with Crippen LogP contribution in [0.1, 0.15) is 5.76 Å². The summed E-state index contributed by atoms with van der Waals surface area (Å²) < 4.78 is 5.04. The van der Waals surface area contributed by atoms with Crippen molar-refractivity contribution < 1.29 is 9.21 Å². The van der Waals surface area contributed by atoms with E-state index in [0.29, 0.717) is 11.5 Å². The Balaban J connectivity index is 2.19. The summed E-state index contributed by atoms with van der Waals surface area (Å²) in [5, 5.41) is 0. The minimum absolute atomic E-state index is 0.290. The fraction of sp³-hybridized carbons (Fsp3) is 0.286. The van der Waals surface area contributed by atoms with Gasteiger partial charge in [0, 0.05) is 0 Å². The number of hydrogen-bond donors (Lipinski definition) is 1. The van der Waals surface area contributed by atoms with Gasteiger partial charge in [-0.05, 0) is 12.1 Å². The van der Waals surface area contributed by atoms with Crippen molar-refractivity contribution in [2.75, 3.05) is 5.75 Å². The fourth-order valence-electron chi connectivity index (χ4n) is 0.647. The highest BCUT2D eigenvalue weighted by Crippen LogP contribution is 2.11. The van der Waals surface area contributed by atoms with Crippen LogP contribution in [0.15, 0.2) is 22.8 Å². The number of amides is 1. The van der Waals surface area contributed by atoms with E-state index in [1.165, 1.54) is 11.8 Å². The zero-order chi connectivity index (χ0) is 8.10. The minimum atomic E-state index is -0.290. The van der Waals surface area contributed by atoms with Crippen LogP contribution in [-0.2, 0) is 10.5 Å². The molecule has 60 valence electrons. The zero-order valence-electron chi connectivity index (χ0n) is 5.95. The van der Waals surface area contributed by atoms with Crippen molar-refractivity contribution in [1.82, 2.24) is 0 Å². The maximum absolute atomic E-state index is 10.3. The predicted octanol–water partition coefficient (Wildman–Crippen LogP) is 0.998. The van der Waals surface area contributed by atoms with Gasteiger partial charge in [-0.3, -0.25) is 4.79 Å². The first-order valence-electron chi connectivity index (χ1n) is 3.17. The smallest absolute Gasteiger partial charge is 0.227 e. The van der Waals surface area contributed by atoms with Gasteiger partial charge >= 0.3 is 0 Å². The number of hydrogen-bond acceptors (Lipinski definition) is 3. The van der Waals surface area contributed by atoms with Gasteiger partial charge in [-0.2, -0.15) is 0 Å². The average molecular weight is 171 g/mol. The number of carbonyl (C=O) groups is 1. The molecule has 1 aromatic rings. The van der Waals surface area contributed by atoms with Crippen LogP contribution in [0.5, 0.6) is 0 Å². The van der Waals surface area contributed by atoms with Gasteiger partial charge in [0.1, 0.15) is 5.76 Å². The lowest BCUT2D eigenvalue weighted by Crippen LogP contribution is -2.13. The van der Waals surface area contributed by atoms with Gasteiger partial charge < -0.3 is 10.2 Å². The van der Waals surface area contributed by atoms with Crippen LogP contribution < -0.4 is 5.73 Å². The third-order valence-corrected chi connectivity index (χ3v) is 2.05. The lowest BCUT2D eigenvalue weighted by Gasteiger charge is -1.93. The summed E-state index contributed by atoms with van der Waals surface area (Å²) >= 11 is 1.45. The number of primary amides is 1. The van der Waals surface area contributed by atoms with Crippen LogP contribution in [-0.4, -0.2) is 11.7 Å². The molecule has 0 atom stereocenters. The topological polar surface area (TPSA) is 56.2 Å². The van der Waals surface area contributed by atoms with Crippen LogP contribution in [0.4, 0.5) is 0 Å². The van der Waals surface area contributed by atoms with Crippen molar-refractivity contribution in [3.05, 3.63) is 24.2 Å². The van der Waals surface area contributed by atoms with Crippen LogP contribution in [0.2, 0.25) is 0 Å². The van der Waals surface area contributed by atoms with Crippen molar-refractivity contribution in [3.8, 4) is 0 Å². The Morgan fingerprint density at radius 1 is 1.73 bits per heavy atom. The Bertz CT molecular complexity index is 220. The molecule has 1 heterocycles. The molecule has 0 aliphatic carbocycles. The van der Waals surface area contributed by atoms with Gasteiger partial charge in [-0.25, -0.2) is 0 Å². The van der Waals surface area contributed by atoms with Crippen molar-refractivity contribution in [1.29, 1.82) is 0 Å². The molecule has 0 aliphatic rings. The van der Waals surface area contributed by atoms with Crippen LogP contribution >= 0.6 is 11.8 Å². The normalized spacial score (nSPS) is 9.82. The molecule has 0 aliphatic heterocycles. The molecular weight excluding hydrogens is 162 g/mol. The van der Waals surface area contributed by atoms with E-state index >= 15 is 0 Å². The Hall–Kier alpha value is -0.900. The molecule has 0 spiro atoms. The first-order chi connectivity index (χ1) is 5.29. The second-order valence-electron chi connectivity index (χ2n) is 2.04. The van der Waals surface area contributed by atoms with E-state index in [0.717, 1.165) is 5.76 Å². The third kappa shape index (κ3) is 3.13. The highest BCUT2D eigenvalue weighted by Gasteiger charge is 1.97. The van der Waals surface area contributed by atoms with Crippen molar-refractivity contribution in [2.24, 2.45) is 5.73 Å². The molecule has 0 fully saturated rings. The Morgan fingerprint density at radius 3 is 3.09 bits per heavy atom. The zero-order valence-corrected chi connectivity index (χ0v) is 6.76. The van der Waals surface area contributed by atoms with E-state index in [1.54, 1.807) is 6.26 Å². The van der Waals surface area contributed by atoms with Crippen molar-refractivity contribution in [2.45, 2.75) is 5.75 Å². The van der Waals surface area contributed by atoms with Gasteiger partial charge in [0.25, 0.3) is 0 Å². The lowest BCUT2D eigenvalue weighted by molar-refractivity contribution is -0.115. The molecule has 0 bridgehead atoms. The van der Waals surface area contributed by atoms with E-state index in [1.807, 2.05) is 12.1 Å². The molecule has 2 N–H and O–H groups in total. The molecule has 0 unspecified atom stereocenters. The predicted molar refractivity (Wildman–Crippen MR) is 44.1 cm³/mol. The molecule has 1 aromatic heterocycles. The van der Waals surface area contributed by atoms with Crippen LogP contribution in [0, 0.1) is 0 Å². The number of nitrogens with two attached hydrogens (primary N) is 1. The second kappa shape index (κ2) is 4.08. The summed E-state index contributed by atoms with van der Waals surface area (Å²) in [6, 6.07) is 3.69. The molecule has 3 nitrogen and oxygen atoms in total. The number of thioether (sulfide) groups is 1. The standard InChI is InChI=1S/C7H9NO2S/c8-7(9)5-11-4-6-2-1-3-10-6/h1-3H,4-5H2,(H2,8,9). The molecule has 0 aromatic carbocycles. The number of furan rings is 1. The molecule has 4 heteroatoms. The third-order valence-electron chi connectivity index (χ3n) is 1.07. The maximum atomic E-state index is 10.3. The minimum Gasteiger partial charge on any atom is -0.468 e. The summed E-state index contributed by atoms with van der Waals surface area (Å²) in [6.45, 7) is 0. The SMILES string of the molecule is NC(=O)CSCc1ccco1. The average Bonchev–Trinajstić information content (AvgIpc) is 2.39. The quantitative estimate of drug-likeness (QED) is 0.735. The van der Waals surface area contributed by atoms with Crippen LogP contribution in [0.3, 0.4) is 0 Å². The first-order valence-corrected chi connectivity index (χ1v) is 4.33. The Labute approximate surface area is 68.9 Å². The lowest BCUT2D eigenvalue weighted by atomic mass is 10.5. The van der Waals surface area contributed by atoms with Crippen LogP contribution in [0.25, 0.3) is 0 Å². The summed E-state index contributed by atoms with van der Waals surface area (Å²) in [7, 11) is 0. The van der Waals surface area contributed by atoms with Gasteiger partial charge in [-0.1, -0.05) is 0 Å². The molecule has 0 saturated carbocycles. The monoisotopic (exact) mass is 171 g/mol. The highest BCUT2D eigenvalue weighted by atomic mass is 32.2. The summed E-state index contributed by atoms with van der Waals surface area (Å²) in [6.07, 6.45) is 1.61. The fourth-order valence-corrected chi connectivity index (χ4v) is 1.32. The Kier molecular flexibility index (Phi) is 3.04. The van der Waals surface area contributed by atoms with Gasteiger partial charge in [0.05, 0.1) is 17.8 Å². The number of rotatable bonds is 4. The molecule has 1 rings (SSSR count). The first kappa shape index (κ1) is 8.20. The van der Waals surface area contributed by atoms with E-state index in [9.17, 15) is 4.79 Å². The van der Waals surface area contributed by atoms with Gasteiger partial charge in [0.15, 0.2) is 0 Å². The summed E-state index contributed by atoms with van der Waals surface area (Å²) in [4.78, 5) is 10.3. The Morgan fingerprint density at radius 2 is 2.55 bits per heavy atom. The largest absolute Gasteiger partial charge is 0.468 e. The van der Waals surface area contributed by atoms with Crippen molar-refractivity contribution >= 4 is 17.7 Å². The molecule has 0 radical (unpaired) electrons. The second-order valence-corrected chi connectivity index (χ2v) is 3.02. The number of carbonyl (C=O) groups excluding carboxylic acids is 1. The van der Waals surface area contributed by atoms with E-state index in [4.69, 9.17) is 10.2 Å². The molecular formula is C7H9NO2S. The molecule has 11 heavy (non-hydrogen) atoms. The van der Waals surface area contributed by atoms with Gasteiger partial charge in [0.2, 0.25) is 5.91 Å². The van der Waals surface area contributed by atoms with E-state index in [2.05, 4.69) is 0 Å². The van der Waals surface area contributed by atoms with Crippen molar-refractivity contribution in [3.63, 3.8) is 0 Å². The molecule has 0 saturated heterocycles.